The van der Waals surface area contributed by atoms with Gasteiger partial charge in [0.1, 0.15) is 17.9 Å². The van der Waals surface area contributed by atoms with Gasteiger partial charge in [-0.15, -0.1) is 0 Å². The van der Waals surface area contributed by atoms with Crippen LogP contribution in [0.1, 0.15) is 72.8 Å². The summed E-state index contributed by atoms with van der Waals surface area (Å²) >= 11 is 0. The van der Waals surface area contributed by atoms with Crippen LogP contribution in [0.5, 0.6) is 0 Å². The summed E-state index contributed by atoms with van der Waals surface area (Å²) in [5.74, 6) is -0.360. The van der Waals surface area contributed by atoms with E-state index in [0.29, 0.717) is 13.0 Å². The van der Waals surface area contributed by atoms with Crippen molar-refractivity contribution in [1.82, 2.24) is 10.2 Å². The van der Waals surface area contributed by atoms with Crippen LogP contribution in [0.15, 0.2) is 30.3 Å². The third-order valence-electron chi connectivity index (χ3n) is 6.22. The molecule has 5 atom stereocenters. The van der Waals surface area contributed by atoms with E-state index in [0.717, 1.165) is 31.1 Å². The number of hydrogen-bond acceptors (Lipinski definition) is 5. The van der Waals surface area contributed by atoms with Gasteiger partial charge in [0, 0.05) is 31.5 Å². The fourth-order valence-corrected chi connectivity index (χ4v) is 4.80. The molecule has 0 aromatic heterocycles. The Balaban J connectivity index is 2.35. The topological polar surface area (TPSA) is 75.7 Å². The van der Waals surface area contributed by atoms with Gasteiger partial charge in [-0.1, -0.05) is 43.7 Å². The van der Waals surface area contributed by atoms with Crippen LogP contribution >= 0.6 is 0 Å². The molecule has 0 spiro atoms. The summed E-state index contributed by atoms with van der Waals surface area (Å²) in [6.07, 6.45) is 4.13. The number of aldehydes is 1. The molecule has 6 heteroatoms. The van der Waals surface area contributed by atoms with Crippen LogP contribution in [-0.4, -0.2) is 46.8 Å². The molecule has 1 aliphatic rings. The highest BCUT2D eigenvalue weighted by Crippen LogP contribution is 2.37. The number of benzene rings is 1. The zero-order valence-electron chi connectivity index (χ0n) is 20.5. The van der Waals surface area contributed by atoms with Gasteiger partial charge in [-0.2, -0.15) is 0 Å². The fourth-order valence-electron chi connectivity index (χ4n) is 4.80. The summed E-state index contributed by atoms with van der Waals surface area (Å²) < 4.78 is 5.73. The Kier molecular flexibility index (Phi) is 9.44. The van der Waals surface area contributed by atoms with E-state index in [1.54, 1.807) is 0 Å². The van der Waals surface area contributed by atoms with Gasteiger partial charge in [0.15, 0.2) is 0 Å². The quantitative estimate of drug-likeness (QED) is 0.434. The molecule has 1 aromatic rings. The van der Waals surface area contributed by atoms with Crippen molar-refractivity contribution in [2.75, 3.05) is 0 Å². The van der Waals surface area contributed by atoms with Crippen molar-refractivity contribution in [3.8, 4) is 0 Å². The molecule has 2 unspecified atom stereocenters. The van der Waals surface area contributed by atoms with Gasteiger partial charge in [0.05, 0.1) is 0 Å². The van der Waals surface area contributed by atoms with Crippen LogP contribution in [0.3, 0.4) is 0 Å². The number of carbonyl (C=O) groups is 3. The number of amides is 1. The van der Waals surface area contributed by atoms with Gasteiger partial charge >= 0.3 is 5.97 Å². The molecule has 1 saturated heterocycles. The van der Waals surface area contributed by atoms with E-state index in [2.05, 4.69) is 17.1 Å². The van der Waals surface area contributed by atoms with Crippen LogP contribution in [0.2, 0.25) is 0 Å². The Bertz CT molecular complexity index is 759. The van der Waals surface area contributed by atoms with Gasteiger partial charge in [-0.3, -0.25) is 14.5 Å². The maximum atomic E-state index is 13.1. The summed E-state index contributed by atoms with van der Waals surface area (Å²) in [7, 11) is 0. The number of nitrogens with one attached hydrogen (secondary N) is 1. The molecule has 1 fully saturated rings. The molecule has 0 bridgehead atoms. The highest BCUT2D eigenvalue weighted by atomic mass is 16.6. The van der Waals surface area contributed by atoms with Gasteiger partial charge in [0.25, 0.3) is 0 Å². The van der Waals surface area contributed by atoms with Gasteiger partial charge in [0.2, 0.25) is 5.91 Å². The lowest BCUT2D eigenvalue weighted by atomic mass is 9.85. The lowest BCUT2D eigenvalue weighted by molar-refractivity contribution is -0.161. The van der Waals surface area contributed by atoms with E-state index < -0.39 is 11.6 Å². The van der Waals surface area contributed by atoms with Crippen molar-refractivity contribution >= 4 is 18.2 Å². The van der Waals surface area contributed by atoms with E-state index in [1.165, 1.54) is 6.92 Å². The molecule has 1 aromatic carbocycles. The van der Waals surface area contributed by atoms with Crippen molar-refractivity contribution in [2.24, 2.45) is 11.8 Å². The van der Waals surface area contributed by atoms with Crippen LogP contribution in [0.4, 0.5) is 0 Å². The SMILES string of the molecule is CCCC(C[C@@H]1[C@H](C=O)C[C@H](C(=O)OC(C)(C)C)N1Cc1ccccc1)C(C)NC(C)=O. The van der Waals surface area contributed by atoms with Crippen molar-refractivity contribution in [2.45, 2.75) is 97.5 Å². The van der Waals surface area contributed by atoms with Gasteiger partial charge in [-0.05, 0) is 58.4 Å². The number of rotatable bonds is 10. The average molecular weight is 445 g/mol. The Morgan fingerprint density at radius 1 is 1.25 bits per heavy atom. The van der Waals surface area contributed by atoms with E-state index in [4.69, 9.17) is 4.74 Å². The third-order valence-corrected chi connectivity index (χ3v) is 6.22. The molecule has 0 aliphatic carbocycles. The lowest BCUT2D eigenvalue weighted by Crippen LogP contribution is -2.46. The van der Waals surface area contributed by atoms with Crippen LogP contribution in [-0.2, 0) is 25.7 Å². The number of carbonyl (C=O) groups excluding carboxylic acids is 3. The first kappa shape index (κ1) is 26.0. The molecule has 1 amide bonds. The first-order valence-electron chi connectivity index (χ1n) is 11.8. The number of hydrogen-bond donors (Lipinski definition) is 1. The summed E-state index contributed by atoms with van der Waals surface area (Å²) in [5, 5.41) is 3.03. The Morgan fingerprint density at radius 2 is 1.91 bits per heavy atom. The number of nitrogens with zero attached hydrogens (tertiary/aromatic N) is 1. The minimum absolute atomic E-state index is 0.00101. The maximum absolute atomic E-state index is 13.1. The van der Waals surface area contributed by atoms with E-state index in [-0.39, 0.29) is 35.8 Å². The maximum Gasteiger partial charge on any atom is 0.323 e. The Hall–Kier alpha value is -2.21. The summed E-state index contributed by atoms with van der Waals surface area (Å²) in [4.78, 5) is 39.0. The second-order valence-electron chi connectivity index (χ2n) is 10.1. The number of esters is 1. The standard InChI is InChI=1S/C26H40N2O4/c1-7-11-21(18(2)27-19(3)30)14-23-22(17-29)15-24(25(31)32-26(4,5)6)28(23)16-20-12-9-8-10-13-20/h8-10,12-13,17-18,21-24H,7,11,14-16H2,1-6H3,(H,27,30)/t18?,21?,22-,23+,24+/m0/s1. The molecule has 1 heterocycles. The molecular weight excluding hydrogens is 404 g/mol. The predicted molar refractivity (Wildman–Crippen MR) is 126 cm³/mol. The van der Waals surface area contributed by atoms with E-state index in [1.807, 2.05) is 58.0 Å². The van der Waals surface area contributed by atoms with Crippen molar-refractivity contribution in [3.63, 3.8) is 0 Å². The highest BCUT2D eigenvalue weighted by molar-refractivity contribution is 5.78. The largest absolute Gasteiger partial charge is 0.459 e. The molecule has 2 rings (SSSR count). The third kappa shape index (κ3) is 7.44. The number of ether oxygens (including phenoxy) is 1. The fraction of sp³-hybridized carbons (Fsp3) is 0.654. The zero-order valence-corrected chi connectivity index (χ0v) is 20.5. The molecule has 1 aliphatic heterocycles. The summed E-state index contributed by atoms with van der Waals surface area (Å²) in [6.45, 7) is 11.9. The smallest absolute Gasteiger partial charge is 0.323 e. The van der Waals surface area contributed by atoms with Crippen LogP contribution in [0, 0.1) is 11.8 Å². The van der Waals surface area contributed by atoms with E-state index in [9.17, 15) is 14.4 Å². The highest BCUT2D eigenvalue weighted by Gasteiger charge is 2.46. The molecule has 6 nitrogen and oxygen atoms in total. The second-order valence-corrected chi connectivity index (χ2v) is 10.1. The first-order chi connectivity index (χ1) is 15.1. The van der Waals surface area contributed by atoms with Crippen LogP contribution in [0.25, 0.3) is 0 Å². The minimum Gasteiger partial charge on any atom is -0.459 e. The molecule has 0 saturated carbocycles. The van der Waals surface area contributed by atoms with Crippen molar-refractivity contribution in [3.05, 3.63) is 35.9 Å². The molecular formula is C26H40N2O4. The predicted octanol–water partition coefficient (Wildman–Crippen LogP) is 4.12. The number of likely N-dealkylation sites (tertiary alicyclic amines) is 1. The minimum atomic E-state index is -0.588. The lowest BCUT2D eigenvalue weighted by Gasteiger charge is -2.35. The van der Waals surface area contributed by atoms with Crippen molar-refractivity contribution < 1.29 is 19.1 Å². The normalized spacial score (nSPS) is 23.4. The average Bonchev–Trinajstić information content (AvgIpc) is 3.04. The monoisotopic (exact) mass is 444 g/mol. The molecule has 1 N–H and O–H groups in total. The second kappa shape index (κ2) is 11.6. The van der Waals surface area contributed by atoms with Crippen molar-refractivity contribution in [1.29, 1.82) is 0 Å². The molecule has 32 heavy (non-hydrogen) atoms. The molecule has 178 valence electrons. The van der Waals surface area contributed by atoms with Crippen LogP contribution < -0.4 is 5.32 Å². The molecule has 0 radical (unpaired) electrons. The Morgan fingerprint density at radius 3 is 2.44 bits per heavy atom. The van der Waals surface area contributed by atoms with Gasteiger partial charge in [-0.25, -0.2) is 0 Å². The van der Waals surface area contributed by atoms with Gasteiger partial charge < -0.3 is 14.8 Å². The summed E-state index contributed by atoms with van der Waals surface area (Å²) in [5.41, 5.74) is 0.508. The van der Waals surface area contributed by atoms with E-state index >= 15 is 0 Å². The summed E-state index contributed by atoms with van der Waals surface area (Å²) in [6, 6.07) is 9.47. The first-order valence-corrected chi connectivity index (χ1v) is 11.8. The zero-order chi connectivity index (χ0) is 23.9. The Labute approximate surface area is 193 Å².